The third kappa shape index (κ3) is 2.18. The molecule has 3 heterocycles. The smallest absolute Gasteiger partial charge is 0.252 e. The lowest BCUT2D eigenvalue weighted by atomic mass is 10.1. The first kappa shape index (κ1) is 13.4. The first-order valence-electron chi connectivity index (χ1n) is 7.61. The third-order valence-corrected chi connectivity index (χ3v) is 4.37. The summed E-state index contributed by atoms with van der Waals surface area (Å²) in [5.74, 6) is 1.42. The normalized spacial score (nSPS) is 20.1. The fourth-order valence-corrected chi connectivity index (χ4v) is 3.16. The molecule has 0 saturated carbocycles. The Kier molecular flexibility index (Phi) is 3.15. The molecule has 0 fully saturated rings. The number of aromatic nitrogens is 1. The van der Waals surface area contributed by atoms with E-state index in [1.54, 1.807) is 0 Å². The van der Waals surface area contributed by atoms with Crippen molar-refractivity contribution in [2.75, 3.05) is 13.3 Å². The minimum absolute atomic E-state index is 0.0341. The number of pyridine rings is 1. The summed E-state index contributed by atoms with van der Waals surface area (Å²) >= 11 is 0. The van der Waals surface area contributed by atoms with Crippen LogP contribution in [-0.2, 0) is 6.54 Å². The Morgan fingerprint density at radius 3 is 2.91 bits per heavy atom. The number of hydrogen-bond acceptors (Lipinski definition) is 4. The number of rotatable bonds is 3. The molecule has 2 aliphatic heterocycles. The van der Waals surface area contributed by atoms with E-state index < -0.39 is 0 Å². The fourth-order valence-electron chi connectivity index (χ4n) is 3.16. The Balaban J connectivity index is 1.71. The monoisotopic (exact) mass is 298 g/mol. The summed E-state index contributed by atoms with van der Waals surface area (Å²) in [4.78, 5) is 17.6. The van der Waals surface area contributed by atoms with E-state index in [9.17, 15) is 4.79 Å². The summed E-state index contributed by atoms with van der Waals surface area (Å²) in [6.07, 6.45) is 5.44. The van der Waals surface area contributed by atoms with Gasteiger partial charge in [-0.25, -0.2) is 0 Å². The van der Waals surface area contributed by atoms with Crippen LogP contribution in [0.4, 0.5) is 0 Å². The lowest BCUT2D eigenvalue weighted by Gasteiger charge is -2.22. The summed E-state index contributed by atoms with van der Waals surface area (Å²) in [5.41, 5.74) is 1.53. The molecule has 1 aromatic carbocycles. The van der Waals surface area contributed by atoms with Gasteiger partial charge in [0.15, 0.2) is 11.5 Å². The van der Waals surface area contributed by atoms with Crippen LogP contribution in [0.5, 0.6) is 11.5 Å². The summed E-state index contributed by atoms with van der Waals surface area (Å²) in [7, 11) is 0. The molecule has 4 rings (SSSR count). The Morgan fingerprint density at radius 1 is 1.27 bits per heavy atom. The van der Waals surface area contributed by atoms with Gasteiger partial charge in [-0.3, -0.25) is 9.69 Å². The van der Waals surface area contributed by atoms with Crippen molar-refractivity contribution in [3.63, 3.8) is 0 Å². The Labute approximate surface area is 128 Å². The predicted octanol–water partition coefficient (Wildman–Crippen LogP) is 2.41. The van der Waals surface area contributed by atoms with Crippen LogP contribution in [0.3, 0.4) is 0 Å². The van der Waals surface area contributed by atoms with Crippen molar-refractivity contribution in [3.8, 4) is 11.5 Å². The maximum Gasteiger partial charge on any atom is 0.252 e. The van der Waals surface area contributed by atoms with E-state index >= 15 is 0 Å². The average Bonchev–Trinajstić information content (AvgIpc) is 3.14. The van der Waals surface area contributed by atoms with Gasteiger partial charge in [0.2, 0.25) is 6.79 Å². The summed E-state index contributed by atoms with van der Waals surface area (Å²) < 4.78 is 10.8. The second-order valence-electron chi connectivity index (χ2n) is 5.75. The van der Waals surface area contributed by atoms with Crippen LogP contribution in [-0.4, -0.2) is 29.3 Å². The second-order valence-corrected chi connectivity index (χ2v) is 5.75. The Bertz CT molecular complexity index is 809. The number of hydrogen-bond donors (Lipinski definition) is 1. The highest BCUT2D eigenvalue weighted by Gasteiger charge is 2.20. The van der Waals surface area contributed by atoms with E-state index in [4.69, 9.17) is 9.47 Å². The SMILES string of the molecule is CC[C@@H]1C=CCN1Cc1cc2cc3c(cc2[nH]c1=O)OCO3. The molecule has 0 radical (unpaired) electrons. The van der Waals surface area contributed by atoms with Crippen molar-refractivity contribution >= 4 is 10.9 Å². The number of nitrogens with zero attached hydrogens (tertiary/aromatic N) is 1. The molecule has 1 atom stereocenters. The second kappa shape index (κ2) is 5.18. The summed E-state index contributed by atoms with van der Waals surface area (Å²) in [5, 5.41) is 0.971. The van der Waals surface area contributed by atoms with Crippen LogP contribution in [0.2, 0.25) is 0 Å². The van der Waals surface area contributed by atoms with Gasteiger partial charge in [-0.05, 0) is 18.6 Å². The van der Waals surface area contributed by atoms with E-state index in [1.807, 2.05) is 18.2 Å². The molecule has 2 aliphatic rings. The molecule has 0 unspecified atom stereocenters. The van der Waals surface area contributed by atoms with Gasteiger partial charge in [0, 0.05) is 36.1 Å². The summed E-state index contributed by atoms with van der Waals surface area (Å²) in [6, 6.07) is 6.14. The van der Waals surface area contributed by atoms with Gasteiger partial charge in [0.25, 0.3) is 5.56 Å². The molecule has 0 amide bonds. The maximum atomic E-state index is 12.3. The van der Waals surface area contributed by atoms with Gasteiger partial charge in [0.05, 0.1) is 5.52 Å². The average molecular weight is 298 g/mol. The molecule has 114 valence electrons. The van der Waals surface area contributed by atoms with Gasteiger partial charge in [-0.15, -0.1) is 0 Å². The van der Waals surface area contributed by atoms with Gasteiger partial charge >= 0.3 is 0 Å². The van der Waals surface area contributed by atoms with E-state index in [0.717, 1.165) is 35.2 Å². The van der Waals surface area contributed by atoms with E-state index in [2.05, 4.69) is 29.0 Å². The highest BCUT2D eigenvalue weighted by atomic mass is 16.7. The molecule has 0 aliphatic carbocycles. The maximum absolute atomic E-state index is 12.3. The van der Waals surface area contributed by atoms with Crippen LogP contribution in [0.1, 0.15) is 18.9 Å². The molecule has 22 heavy (non-hydrogen) atoms. The van der Waals surface area contributed by atoms with Crippen molar-refractivity contribution in [2.24, 2.45) is 0 Å². The number of nitrogens with one attached hydrogen (secondary N) is 1. The van der Waals surface area contributed by atoms with Crippen molar-refractivity contribution in [1.82, 2.24) is 9.88 Å². The number of aromatic amines is 1. The highest BCUT2D eigenvalue weighted by Crippen LogP contribution is 2.35. The van der Waals surface area contributed by atoms with Crippen LogP contribution in [0, 0.1) is 0 Å². The molecule has 2 aromatic rings. The molecule has 1 aromatic heterocycles. The van der Waals surface area contributed by atoms with Crippen LogP contribution in [0.25, 0.3) is 10.9 Å². The minimum atomic E-state index is -0.0341. The number of fused-ring (bicyclic) bond motifs is 2. The minimum Gasteiger partial charge on any atom is -0.454 e. The van der Waals surface area contributed by atoms with Crippen molar-refractivity contribution in [1.29, 1.82) is 0 Å². The number of H-pyrrole nitrogens is 1. The first-order valence-corrected chi connectivity index (χ1v) is 7.61. The molecule has 0 spiro atoms. The van der Waals surface area contributed by atoms with Gasteiger partial charge in [-0.2, -0.15) is 0 Å². The third-order valence-electron chi connectivity index (χ3n) is 4.37. The van der Waals surface area contributed by atoms with Crippen molar-refractivity contribution < 1.29 is 9.47 Å². The van der Waals surface area contributed by atoms with E-state index in [1.165, 1.54) is 0 Å². The van der Waals surface area contributed by atoms with Gasteiger partial charge in [-0.1, -0.05) is 19.1 Å². The quantitative estimate of drug-likeness (QED) is 0.884. The highest BCUT2D eigenvalue weighted by molar-refractivity contribution is 5.83. The number of ether oxygens (including phenoxy) is 2. The zero-order valence-electron chi connectivity index (χ0n) is 12.5. The lowest BCUT2D eigenvalue weighted by Crippen LogP contribution is -2.31. The predicted molar refractivity (Wildman–Crippen MR) is 84.3 cm³/mol. The van der Waals surface area contributed by atoms with E-state index in [-0.39, 0.29) is 12.4 Å². The van der Waals surface area contributed by atoms with Gasteiger partial charge in [0.1, 0.15) is 0 Å². The topological polar surface area (TPSA) is 54.6 Å². The van der Waals surface area contributed by atoms with Gasteiger partial charge < -0.3 is 14.5 Å². The zero-order valence-corrected chi connectivity index (χ0v) is 12.5. The van der Waals surface area contributed by atoms with E-state index in [0.29, 0.717) is 18.3 Å². The molecular weight excluding hydrogens is 280 g/mol. The molecular formula is C17H18N2O3. The number of benzene rings is 1. The Morgan fingerprint density at radius 2 is 2.09 bits per heavy atom. The van der Waals surface area contributed by atoms with Crippen LogP contribution in [0.15, 0.2) is 35.1 Å². The molecule has 5 nitrogen and oxygen atoms in total. The standard InChI is InChI=1S/C17H18N2O3/c1-2-13-4-3-5-19(13)9-12-6-11-7-15-16(22-10-21-15)8-14(11)18-17(12)20/h3-4,6-8,13H,2,5,9-10H2,1H3,(H,18,20)/t13-/m1/s1. The fraction of sp³-hybridized carbons (Fsp3) is 0.353. The molecule has 1 N–H and O–H groups in total. The first-order chi connectivity index (χ1) is 10.7. The van der Waals surface area contributed by atoms with Crippen molar-refractivity contribution in [2.45, 2.75) is 25.9 Å². The molecule has 0 saturated heterocycles. The Hall–Kier alpha value is -2.27. The lowest BCUT2D eigenvalue weighted by molar-refractivity contribution is 0.174. The van der Waals surface area contributed by atoms with Crippen molar-refractivity contribution in [3.05, 3.63) is 46.3 Å². The van der Waals surface area contributed by atoms with Crippen LogP contribution < -0.4 is 15.0 Å². The summed E-state index contributed by atoms with van der Waals surface area (Å²) in [6.45, 7) is 3.96. The zero-order chi connectivity index (χ0) is 15.1. The largest absolute Gasteiger partial charge is 0.454 e. The molecule has 0 bridgehead atoms. The van der Waals surface area contributed by atoms with Crippen LogP contribution >= 0.6 is 0 Å². The molecule has 5 heteroatoms.